The Morgan fingerprint density at radius 2 is 0.875 bits per heavy atom. The summed E-state index contributed by atoms with van der Waals surface area (Å²) in [5.41, 5.74) is 1.41. The molecule has 5 nitrogen and oxygen atoms in total. The van der Waals surface area contributed by atoms with Crippen molar-refractivity contribution in [1.82, 2.24) is 15.4 Å². The van der Waals surface area contributed by atoms with Crippen LogP contribution in [0.3, 0.4) is 0 Å². The van der Waals surface area contributed by atoms with E-state index >= 15 is 0 Å². The second kappa shape index (κ2) is 16.6. The Morgan fingerprint density at radius 3 is 1.15 bits per heavy atom. The maximum Gasteiger partial charge on any atom is 0.208 e. The number of sulfonamides is 1. The van der Waals surface area contributed by atoms with Crippen LogP contribution in [0.15, 0.2) is 0 Å². The Kier molecular flexibility index (Phi) is 15.7. The molecule has 0 heterocycles. The van der Waals surface area contributed by atoms with Crippen LogP contribution >= 0.6 is 0 Å². The summed E-state index contributed by atoms with van der Waals surface area (Å²) in [6.07, 6.45) is 18.1. The van der Waals surface area contributed by atoms with E-state index in [0.717, 1.165) is 55.5 Å². The van der Waals surface area contributed by atoms with E-state index in [1.54, 1.807) is 0 Å². The molecule has 0 aromatic carbocycles. The van der Waals surface area contributed by atoms with Crippen molar-refractivity contribution in [3.8, 4) is 0 Å². The minimum Gasteiger partial charge on any atom is -0.317 e. The van der Waals surface area contributed by atoms with Crippen LogP contribution in [0, 0.1) is 34.0 Å². The third kappa shape index (κ3) is 16.5. The highest BCUT2D eigenvalue weighted by Gasteiger charge is 2.31. The molecule has 3 aliphatic rings. The molecule has 0 unspecified atom stereocenters. The Balaban J connectivity index is 0.000000302. The zero-order valence-corrected chi connectivity index (χ0v) is 29.7. The molecule has 0 aliphatic heterocycles. The first-order chi connectivity index (χ1) is 18.2. The van der Waals surface area contributed by atoms with Crippen LogP contribution in [-0.2, 0) is 10.0 Å². The van der Waals surface area contributed by atoms with E-state index in [4.69, 9.17) is 0 Å². The van der Waals surface area contributed by atoms with Gasteiger partial charge >= 0.3 is 0 Å². The summed E-state index contributed by atoms with van der Waals surface area (Å²) in [5, 5.41) is 6.76. The molecule has 0 aromatic heterocycles. The fourth-order valence-corrected chi connectivity index (χ4v) is 7.99. The Bertz CT molecular complexity index is 767. The smallest absolute Gasteiger partial charge is 0.208 e. The third-order valence-corrected chi connectivity index (χ3v) is 10.6. The lowest BCUT2D eigenvalue weighted by Gasteiger charge is -2.36. The van der Waals surface area contributed by atoms with Crippen LogP contribution in [0.2, 0.25) is 0 Å². The summed E-state index contributed by atoms with van der Waals surface area (Å²) < 4.78 is 24.8. The second-order valence-corrected chi connectivity index (χ2v) is 18.6. The van der Waals surface area contributed by atoms with Gasteiger partial charge in [0, 0.05) is 18.1 Å². The first kappa shape index (κ1) is 37.9. The van der Waals surface area contributed by atoms with Gasteiger partial charge in [-0.15, -0.1) is 0 Å². The Morgan fingerprint density at radius 1 is 0.550 bits per heavy atom. The van der Waals surface area contributed by atoms with E-state index in [2.05, 4.69) is 91.8 Å². The monoisotopic (exact) mass is 586 g/mol. The summed E-state index contributed by atoms with van der Waals surface area (Å²) in [5.74, 6) is 2.67. The van der Waals surface area contributed by atoms with E-state index in [0.29, 0.717) is 16.2 Å². The first-order valence-electron chi connectivity index (χ1n) is 16.5. The summed E-state index contributed by atoms with van der Waals surface area (Å²) in [6, 6.07) is 1.76. The molecule has 0 atom stereocenters. The number of hydrogen-bond donors (Lipinski definition) is 3. The highest BCUT2D eigenvalue weighted by Crippen LogP contribution is 2.39. The summed E-state index contributed by atoms with van der Waals surface area (Å²) in [4.78, 5) is 0. The molecule has 3 rings (SSSR count). The lowest BCUT2D eigenvalue weighted by Crippen LogP contribution is -2.38. The van der Waals surface area contributed by atoms with Crippen molar-refractivity contribution < 1.29 is 8.42 Å². The fraction of sp³-hybridized carbons (Fsp3) is 1.00. The lowest BCUT2D eigenvalue weighted by atomic mass is 9.71. The van der Waals surface area contributed by atoms with Crippen molar-refractivity contribution in [3.05, 3.63) is 0 Å². The van der Waals surface area contributed by atoms with Crippen LogP contribution in [-0.4, -0.2) is 46.9 Å². The second-order valence-electron chi connectivity index (χ2n) is 16.8. The van der Waals surface area contributed by atoms with Gasteiger partial charge in [0.25, 0.3) is 0 Å². The number of hydrogen-bond acceptors (Lipinski definition) is 4. The molecule has 0 bridgehead atoms. The Labute approximate surface area is 251 Å². The molecule has 0 radical (unpaired) electrons. The van der Waals surface area contributed by atoms with Gasteiger partial charge in [0.15, 0.2) is 0 Å². The number of nitrogens with one attached hydrogen (secondary N) is 3. The summed E-state index contributed by atoms with van der Waals surface area (Å²) >= 11 is 0. The molecule has 3 saturated carbocycles. The molecule has 0 spiro atoms. The van der Waals surface area contributed by atoms with Crippen molar-refractivity contribution in [2.24, 2.45) is 34.0 Å². The van der Waals surface area contributed by atoms with Gasteiger partial charge in [-0.05, 0) is 132 Å². The highest BCUT2D eigenvalue weighted by molar-refractivity contribution is 7.88. The number of rotatable bonds is 5. The van der Waals surface area contributed by atoms with Crippen LogP contribution in [0.25, 0.3) is 0 Å². The summed E-state index contributed by atoms with van der Waals surface area (Å²) in [7, 11) is 1.15. The molecule has 6 heteroatoms. The van der Waals surface area contributed by atoms with E-state index in [1.807, 2.05) is 0 Å². The van der Waals surface area contributed by atoms with Crippen molar-refractivity contribution in [2.75, 3.05) is 20.4 Å². The molecule has 240 valence electrons. The zero-order chi connectivity index (χ0) is 30.8. The topological polar surface area (TPSA) is 70.2 Å². The van der Waals surface area contributed by atoms with Gasteiger partial charge in [0.1, 0.15) is 0 Å². The van der Waals surface area contributed by atoms with E-state index in [9.17, 15) is 8.42 Å². The predicted molar refractivity (Wildman–Crippen MR) is 176 cm³/mol. The SMILES string of the molecule is CC(C)(C)C1CCC(NS(C)(=O)=O)CC1.CNC1CCC(C(C)(C)C)CC1.CNC1CCC(CC(C)(C)C)CC1. The fourth-order valence-electron chi connectivity index (χ4n) is 7.15. The lowest BCUT2D eigenvalue weighted by molar-refractivity contribution is 0.162. The molecule has 0 aromatic rings. The standard InChI is InChI=1S/C12H25N.C11H23NO2S.C11H23N/c1-12(2,3)9-10-5-7-11(13-4)8-6-10;1-11(2,3)9-5-7-10(8-6-9)12-15(4,13)14;1-11(2,3)9-5-7-10(12-4)8-6-9/h10-11,13H,5-9H2,1-4H3;9-10,12H,5-8H2,1-4H3;9-10,12H,5-8H2,1-4H3. The van der Waals surface area contributed by atoms with Gasteiger partial charge in [-0.3, -0.25) is 0 Å². The average molecular weight is 586 g/mol. The van der Waals surface area contributed by atoms with Crippen molar-refractivity contribution in [2.45, 2.75) is 164 Å². The molecule has 3 N–H and O–H groups in total. The van der Waals surface area contributed by atoms with Gasteiger partial charge in [-0.2, -0.15) is 0 Å². The molecular formula is C34H71N3O2S. The van der Waals surface area contributed by atoms with Gasteiger partial charge in [-0.1, -0.05) is 62.3 Å². The first-order valence-corrected chi connectivity index (χ1v) is 18.4. The molecular weight excluding hydrogens is 514 g/mol. The van der Waals surface area contributed by atoms with E-state index < -0.39 is 10.0 Å². The van der Waals surface area contributed by atoms with E-state index in [1.165, 1.54) is 64.0 Å². The summed E-state index contributed by atoms with van der Waals surface area (Å²) in [6.45, 7) is 21.0. The van der Waals surface area contributed by atoms with Gasteiger partial charge in [-0.25, -0.2) is 13.1 Å². The average Bonchev–Trinajstić information content (AvgIpc) is 2.83. The molecule has 0 amide bonds. The van der Waals surface area contributed by atoms with Crippen molar-refractivity contribution in [1.29, 1.82) is 0 Å². The van der Waals surface area contributed by atoms with Gasteiger partial charge < -0.3 is 10.6 Å². The quantitative estimate of drug-likeness (QED) is 0.304. The van der Waals surface area contributed by atoms with Gasteiger partial charge in [0.05, 0.1) is 6.26 Å². The van der Waals surface area contributed by atoms with Crippen molar-refractivity contribution in [3.63, 3.8) is 0 Å². The van der Waals surface area contributed by atoms with Crippen LogP contribution < -0.4 is 15.4 Å². The molecule has 0 saturated heterocycles. The normalized spacial score (nSPS) is 30.4. The predicted octanol–water partition coefficient (Wildman–Crippen LogP) is 8.15. The maximum atomic E-state index is 11.1. The minimum absolute atomic E-state index is 0.165. The largest absolute Gasteiger partial charge is 0.317 e. The van der Waals surface area contributed by atoms with E-state index in [-0.39, 0.29) is 6.04 Å². The molecule has 3 fully saturated rings. The van der Waals surface area contributed by atoms with Crippen LogP contribution in [0.4, 0.5) is 0 Å². The van der Waals surface area contributed by atoms with Crippen LogP contribution in [0.5, 0.6) is 0 Å². The van der Waals surface area contributed by atoms with Crippen LogP contribution in [0.1, 0.15) is 146 Å². The molecule has 3 aliphatic carbocycles. The minimum atomic E-state index is -3.03. The third-order valence-electron chi connectivity index (χ3n) is 9.85. The van der Waals surface area contributed by atoms with Crippen molar-refractivity contribution >= 4 is 10.0 Å². The van der Waals surface area contributed by atoms with Gasteiger partial charge in [0.2, 0.25) is 10.0 Å². The highest BCUT2D eigenvalue weighted by atomic mass is 32.2. The molecule has 40 heavy (non-hydrogen) atoms. The Hall–Kier alpha value is -0.170. The maximum absolute atomic E-state index is 11.1. The zero-order valence-electron chi connectivity index (χ0n) is 28.9.